The van der Waals surface area contributed by atoms with Gasteiger partial charge in [-0.2, -0.15) is 0 Å². The summed E-state index contributed by atoms with van der Waals surface area (Å²) in [6.45, 7) is 2.71. The zero-order chi connectivity index (χ0) is 14.7. The maximum atomic E-state index is 5.85. The smallest absolute Gasteiger partial charge is 0.130 e. The minimum absolute atomic E-state index is 0.593. The molecule has 0 unspecified atom stereocenters. The maximum absolute atomic E-state index is 5.85. The highest BCUT2D eigenvalue weighted by molar-refractivity contribution is 5.70. The average Bonchev–Trinajstić information content (AvgIpc) is 2.54. The molecule has 0 saturated heterocycles. The summed E-state index contributed by atoms with van der Waals surface area (Å²) in [7, 11) is 1.67. The average molecular weight is 278 g/mol. The van der Waals surface area contributed by atoms with Crippen LogP contribution < -0.4 is 9.47 Å². The van der Waals surface area contributed by atoms with Gasteiger partial charge in [-0.05, 0) is 41.8 Å². The van der Waals surface area contributed by atoms with Gasteiger partial charge >= 0.3 is 0 Å². The summed E-state index contributed by atoms with van der Waals surface area (Å²) < 4.78 is 11.1. The third-order valence-electron chi connectivity index (χ3n) is 3.62. The molecule has 0 atom stereocenters. The standard InChI is InChI=1S/C19H18O2/c1-14(10-15-6-4-3-5-7-15)17-11-16-8-9-18(20-2)12-19(16)21-13-17/h3-12H,13H2,1-2H3. The zero-order valence-corrected chi connectivity index (χ0v) is 12.3. The van der Waals surface area contributed by atoms with Gasteiger partial charge in [0.15, 0.2) is 0 Å². The number of benzene rings is 2. The van der Waals surface area contributed by atoms with Crippen molar-refractivity contribution < 1.29 is 9.47 Å². The third-order valence-corrected chi connectivity index (χ3v) is 3.62. The molecule has 106 valence electrons. The Hall–Kier alpha value is -2.48. The fourth-order valence-electron chi connectivity index (χ4n) is 2.39. The van der Waals surface area contributed by atoms with Crippen LogP contribution >= 0.6 is 0 Å². The predicted molar refractivity (Wildman–Crippen MR) is 86.6 cm³/mol. The van der Waals surface area contributed by atoms with Gasteiger partial charge < -0.3 is 9.47 Å². The summed E-state index contributed by atoms with van der Waals surface area (Å²) in [4.78, 5) is 0. The first-order chi connectivity index (χ1) is 10.3. The fourth-order valence-corrected chi connectivity index (χ4v) is 2.39. The Labute approximate surface area is 125 Å². The monoisotopic (exact) mass is 278 g/mol. The Kier molecular flexibility index (Phi) is 3.78. The van der Waals surface area contributed by atoms with Gasteiger partial charge in [0.2, 0.25) is 0 Å². The van der Waals surface area contributed by atoms with Crippen LogP contribution in [-0.4, -0.2) is 13.7 Å². The van der Waals surface area contributed by atoms with Gasteiger partial charge in [0.1, 0.15) is 18.1 Å². The summed E-state index contributed by atoms with van der Waals surface area (Å²) in [5.74, 6) is 1.70. The lowest BCUT2D eigenvalue weighted by atomic mass is 10.00. The van der Waals surface area contributed by atoms with E-state index < -0.39 is 0 Å². The highest BCUT2D eigenvalue weighted by atomic mass is 16.5. The number of methoxy groups -OCH3 is 1. The molecular formula is C19H18O2. The number of fused-ring (bicyclic) bond motifs is 1. The van der Waals surface area contributed by atoms with Crippen LogP contribution in [-0.2, 0) is 0 Å². The molecule has 0 bridgehead atoms. The van der Waals surface area contributed by atoms with E-state index >= 15 is 0 Å². The topological polar surface area (TPSA) is 18.5 Å². The molecule has 2 nitrogen and oxygen atoms in total. The Balaban J connectivity index is 1.90. The first kappa shape index (κ1) is 13.5. The van der Waals surface area contributed by atoms with Crippen molar-refractivity contribution in [3.8, 4) is 11.5 Å². The molecule has 0 N–H and O–H groups in total. The van der Waals surface area contributed by atoms with Gasteiger partial charge in [-0.15, -0.1) is 0 Å². The highest BCUT2D eigenvalue weighted by Crippen LogP contribution is 2.32. The molecular weight excluding hydrogens is 260 g/mol. The van der Waals surface area contributed by atoms with Crippen LogP contribution in [0.1, 0.15) is 18.1 Å². The molecule has 2 aromatic rings. The van der Waals surface area contributed by atoms with Crippen molar-refractivity contribution in [2.75, 3.05) is 13.7 Å². The quantitative estimate of drug-likeness (QED) is 0.818. The lowest BCUT2D eigenvalue weighted by molar-refractivity contribution is 0.344. The Morgan fingerprint density at radius 1 is 1.14 bits per heavy atom. The van der Waals surface area contributed by atoms with Crippen LogP contribution in [0.4, 0.5) is 0 Å². The van der Waals surface area contributed by atoms with E-state index in [1.54, 1.807) is 7.11 Å². The van der Waals surface area contributed by atoms with E-state index in [9.17, 15) is 0 Å². The van der Waals surface area contributed by atoms with Crippen molar-refractivity contribution in [3.63, 3.8) is 0 Å². The molecule has 21 heavy (non-hydrogen) atoms. The van der Waals surface area contributed by atoms with Gasteiger partial charge in [0.05, 0.1) is 7.11 Å². The largest absolute Gasteiger partial charge is 0.497 e. The van der Waals surface area contributed by atoms with Crippen molar-refractivity contribution in [1.82, 2.24) is 0 Å². The Morgan fingerprint density at radius 2 is 1.95 bits per heavy atom. The SMILES string of the molecule is COc1ccc2c(c1)OCC(C(C)=Cc1ccccc1)=C2. The van der Waals surface area contributed by atoms with E-state index in [-0.39, 0.29) is 0 Å². The molecule has 1 aliphatic rings. The van der Waals surface area contributed by atoms with Gasteiger partial charge in [-0.3, -0.25) is 0 Å². The molecule has 2 aromatic carbocycles. The van der Waals surface area contributed by atoms with Crippen molar-refractivity contribution in [1.29, 1.82) is 0 Å². The molecule has 2 heteroatoms. The zero-order valence-electron chi connectivity index (χ0n) is 12.3. The lowest BCUT2D eigenvalue weighted by Gasteiger charge is -2.19. The van der Waals surface area contributed by atoms with Crippen molar-refractivity contribution in [2.45, 2.75) is 6.92 Å². The second kappa shape index (κ2) is 5.88. The molecule has 0 amide bonds. The summed E-state index contributed by atoms with van der Waals surface area (Å²) in [5.41, 5.74) is 4.73. The van der Waals surface area contributed by atoms with E-state index in [1.165, 1.54) is 16.7 Å². The van der Waals surface area contributed by atoms with E-state index in [1.807, 2.05) is 36.4 Å². The van der Waals surface area contributed by atoms with Crippen LogP contribution in [0.15, 0.2) is 59.7 Å². The summed E-state index contributed by atoms with van der Waals surface area (Å²) in [6.07, 6.45) is 4.37. The van der Waals surface area contributed by atoms with Gasteiger partial charge in [-0.1, -0.05) is 36.4 Å². The van der Waals surface area contributed by atoms with Gasteiger partial charge in [-0.25, -0.2) is 0 Å². The molecule has 0 saturated carbocycles. The van der Waals surface area contributed by atoms with Crippen LogP contribution in [0.2, 0.25) is 0 Å². The van der Waals surface area contributed by atoms with Crippen molar-refractivity contribution in [3.05, 3.63) is 70.8 Å². The summed E-state index contributed by atoms with van der Waals surface area (Å²) in [6, 6.07) is 16.2. The molecule has 1 aliphatic heterocycles. The number of hydrogen-bond donors (Lipinski definition) is 0. The minimum Gasteiger partial charge on any atom is -0.497 e. The van der Waals surface area contributed by atoms with E-state index in [0.29, 0.717) is 6.61 Å². The summed E-state index contributed by atoms with van der Waals surface area (Å²) in [5, 5.41) is 0. The number of rotatable bonds is 3. The number of hydrogen-bond acceptors (Lipinski definition) is 2. The van der Waals surface area contributed by atoms with E-state index in [4.69, 9.17) is 9.47 Å². The molecule has 0 radical (unpaired) electrons. The molecule has 0 aliphatic carbocycles. The first-order valence-corrected chi connectivity index (χ1v) is 7.01. The Morgan fingerprint density at radius 3 is 2.71 bits per heavy atom. The van der Waals surface area contributed by atoms with Crippen LogP contribution in [0, 0.1) is 0 Å². The van der Waals surface area contributed by atoms with Crippen molar-refractivity contribution >= 4 is 12.2 Å². The third kappa shape index (κ3) is 3.00. The highest BCUT2D eigenvalue weighted by Gasteiger charge is 2.13. The fraction of sp³-hybridized carbons (Fsp3) is 0.158. The molecule has 0 fully saturated rings. The lowest BCUT2D eigenvalue weighted by Crippen LogP contribution is -2.08. The molecule has 0 aromatic heterocycles. The maximum Gasteiger partial charge on any atom is 0.130 e. The predicted octanol–water partition coefficient (Wildman–Crippen LogP) is 4.57. The van der Waals surface area contributed by atoms with E-state index in [0.717, 1.165) is 17.1 Å². The second-order valence-electron chi connectivity index (χ2n) is 5.10. The normalized spacial score (nSPS) is 14.0. The van der Waals surface area contributed by atoms with Gasteiger partial charge in [0.25, 0.3) is 0 Å². The Bertz CT molecular complexity index is 697. The summed E-state index contributed by atoms with van der Waals surface area (Å²) >= 11 is 0. The van der Waals surface area contributed by atoms with Crippen LogP contribution in [0.3, 0.4) is 0 Å². The molecule has 1 heterocycles. The second-order valence-corrected chi connectivity index (χ2v) is 5.10. The molecule has 3 rings (SSSR count). The first-order valence-electron chi connectivity index (χ1n) is 7.01. The molecule has 0 spiro atoms. The van der Waals surface area contributed by atoms with Crippen LogP contribution in [0.25, 0.3) is 12.2 Å². The van der Waals surface area contributed by atoms with Crippen molar-refractivity contribution in [2.24, 2.45) is 0 Å². The van der Waals surface area contributed by atoms with Crippen LogP contribution in [0.5, 0.6) is 11.5 Å². The van der Waals surface area contributed by atoms with Gasteiger partial charge in [0, 0.05) is 11.6 Å². The minimum atomic E-state index is 0.593. The number of ether oxygens (including phenoxy) is 2. The van der Waals surface area contributed by atoms with E-state index in [2.05, 4.69) is 31.2 Å².